The molecule has 0 radical (unpaired) electrons. The van der Waals surface area contributed by atoms with Crippen molar-refractivity contribution in [3.05, 3.63) is 52.2 Å². The molecular formula is C17H15F2N3O3S2. The number of rotatable bonds is 3. The maximum Gasteiger partial charge on any atom is 0.272 e. The lowest BCUT2D eigenvalue weighted by Crippen LogP contribution is -2.52. The van der Waals surface area contributed by atoms with Crippen molar-refractivity contribution in [2.75, 3.05) is 13.1 Å². The molecule has 3 heterocycles. The van der Waals surface area contributed by atoms with Crippen molar-refractivity contribution in [1.29, 1.82) is 0 Å². The minimum atomic E-state index is -3.95. The number of carbonyl (C=O) groups is 1. The summed E-state index contributed by atoms with van der Waals surface area (Å²) in [7, 11) is -3.95. The van der Waals surface area contributed by atoms with E-state index in [4.69, 9.17) is 0 Å². The quantitative estimate of drug-likeness (QED) is 0.840. The Balaban J connectivity index is 1.54. The van der Waals surface area contributed by atoms with E-state index in [0.717, 1.165) is 17.0 Å². The van der Waals surface area contributed by atoms with Gasteiger partial charge in [-0.05, 0) is 29.6 Å². The Labute approximate surface area is 158 Å². The highest BCUT2D eigenvalue weighted by atomic mass is 32.2. The van der Waals surface area contributed by atoms with Gasteiger partial charge in [0.1, 0.15) is 11.4 Å². The van der Waals surface area contributed by atoms with Gasteiger partial charge < -0.3 is 5.32 Å². The van der Waals surface area contributed by atoms with Gasteiger partial charge in [-0.15, -0.1) is 11.3 Å². The zero-order valence-electron chi connectivity index (χ0n) is 14.0. The van der Waals surface area contributed by atoms with E-state index in [1.165, 1.54) is 15.6 Å². The number of nitrogens with zero attached hydrogens (tertiary/aromatic N) is 2. The molecule has 0 bridgehead atoms. The van der Waals surface area contributed by atoms with Crippen molar-refractivity contribution < 1.29 is 22.0 Å². The van der Waals surface area contributed by atoms with Crippen LogP contribution in [0.3, 0.4) is 0 Å². The van der Waals surface area contributed by atoms with Crippen molar-refractivity contribution in [3.8, 4) is 0 Å². The van der Waals surface area contributed by atoms with Crippen molar-refractivity contribution in [2.24, 2.45) is 4.99 Å². The van der Waals surface area contributed by atoms with Crippen LogP contribution in [0, 0.1) is 11.6 Å². The zero-order valence-corrected chi connectivity index (χ0v) is 15.6. The molecule has 4 rings (SSSR count). The smallest absolute Gasteiger partial charge is 0.272 e. The Hall–Kier alpha value is -2.17. The van der Waals surface area contributed by atoms with Crippen molar-refractivity contribution in [1.82, 2.24) is 9.62 Å². The maximum absolute atomic E-state index is 13.4. The van der Waals surface area contributed by atoms with Crippen LogP contribution in [-0.4, -0.2) is 43.1 Å². The molecule has 2 aliphatic heterocycles. The van der Waals surface area contributed by atoms with Gasteiger partial charge in [0.05, 0.1) is 9.77 Å². The number of thiophene rings is 1. The van der Waals surface area contributed by atoms with Crippen LogP contribution < -0.4 is 5.32 Å². The molecule has 1 spiro atoms. The summed E-state index contributed by atoms with van der Waals surface area (Å²) in [5, 5.41) is 4.72. The van der Waals surface area contributed by atoms with Crippen LogP contribution in [0.1, 0.15) is 17.7 Å². The highest BCUT2D eigenvalue weighted by Gasteiger charge is 2.44. The molecule has 1 aromatic carbocycles. The molecule has 1 N–H and O–H groups in total. The normalized spacial score (nSPS) is 19.9. The third kappa shape index (κ3) is 3.17. The van der Waals surface area contributed by atoms with Gasteiger partial charge in [0.15, 0.2) is 11.6 Å². The highest BCUT2D eigenvalue weighted by molar-refractivity contribution is 7.89. The van der Waals surface area contributed by atoms with Crippen LogP contribution in [0.5, 0.6) is 0 Å². The number of benzene rings is 1. The topological polar surface area (TPSA) is 78.8 Å². The van der Waals surface area contributed by atoms with Crippen LogP contribution in [0.15, 0.2) is 45.6 Å². The first kappa shape index (κ1) is 18.2. The number of hydrogen-bond donors (Lipinski definition) is 1. The summed E-state index contributed by atoms with van der Waals surface area (Å²) in [6, 6.07) is 6.16. The SMILES string of the molecule is O=C1NC2(CCN(S(=O)(=O)c3ccc(F)c(F)c3)CC2)N=C1c1cccs1. The molecule has 1 amide bonds. The van der Waals surface area contributed by atoms with Gasteiger partial charge in [-0.25, -0.2) is 17.2 Å². The van der Waals surface area contributed by atoms with Crippen LogP contribution in [-0.2, 0) is 14.8 Å². The van der Waals surface area contributed by atoms with E-state index in [1.54, 1.807) is 0 Å². The standard InChI is InChI=1S/C17H15F2N3O3S2/c18-12-4-3-11(10-13(12)19)27(24,25)22-7-5-17(6-8-22)20-15(16(23)21-17)14-2-1-9-26-14/h1-4,9-10H,5-8H2,(H,21,23). The number of hydrogen-bond acceptors (Lipinski definition) is 5. The average Bonchev–Trinajstić information content (AvgIpc) is 3.26. The van der Waals surface area contributed by atoms with Gasteiger partial charge in [0.2, 0.25) is 10.0 Å². The second kappa shape index (κ2) is 6.47. The minimum Gasteiger partial charge on any atom is -0.326 e. The first-order valence-corrected chi connectivity index (χ1v) is 10.5. The predicted octanol–water partition coefficient (Wildman–Crippen LogP) is 2.13. The summed E-state index contributed by atoms with van der Waals surface area (Å²) in [6.07, 6.45) is 0.604. The van der Waals surface area contributed by atoms with E-state index in [0.29, 0.717) is 24.6 Å². The van der Waals surface area contributed by atoms with E-state index in [9.17, 15) is 22.0 Å². The Morgan fingerprint density at radius 1 is 1.15 bits per heavy atom. The molecule has 0 atom stereocenters. The molecule has 6 nitrogen and oxygen atoms in total. The van der Waals surface area contributed by atoms with Crippen molar-refractivity contribution in [2.45, 2.75) is 23.4 Å². The second-order valence-corrected chi connectivity index (χ2v) is 9.29. The van der Waals surface area contributed by atoms with Crippen molar-refractivity contribution >= 4 is 33.0 Å². The van der Waals surface area contributed by atoms with Crippen LogP contribution in [0.25, 0.3) is 0 Å². The molecular weight excluding hydrogens is 396 g/mol. The lowest BCUT2D eigenvalue weighted by molar-refractivity contribution is -0.115. The van der Waals surface area contributed by atoms with E-state index in [-0.39, 0.29) is 23.9 Å². The van der Waals surface area contributed by atoms with Gasteiger partial charge in [0, 0.05) is 25.9 Å². The fraction of sp³-hybridized carbons (Fsp3) is 0.294. The summed E-state index contributed by atoms with van der Waals surface area (Å²) in [4.78, 5) is 17.3. The molecule has 0 unspecified atom stereocenters. The summed E-state index contributed by atoms with van der Waals surface area (Å²) in [5.74, 6) is -2.58. The molecule has 0 saturated carbocycles. The highest BCUT2D eigenvalue weighted by Crippen LogP contribution is 2.32. The third-order valence-electron chi connectivity index (χ3n) is 4.72. The van der Waals surface area contributed by atoms with Crippen molar-refractivity contribution in [3.63, 3.8) is 0 Å². The first-order chi connectivity index (χ1) is 12.8. The van der Waals surface area contributed by atoms with Crippen LogP contribution in [0.2, 0.25) is 0 Å². The number of nitrogens with one attached hydrogen (secondary N) is 1. The molecule has 27 heavy (non-hydrogen) atoms. The number of halogens is 2. The van der Waals surface area contributed by atoms with Gasteiger partial charge in [0.25, 0.3) is 5.91 Å². The fourth-order valence-corrected chi connectivity index (χ4v) is 5.43. The molecule has 1 saturated heterocycles. The number of piperidine rings is 1. The number of amides is 1. The van der Waals surface area contributed by atoms with E-state index < -0.39 is 27.3 Å². The summed E-state index contributed by atoms with van der Waals surface area (Å²) in [5.41, 5.74) is -0.460. The van der Waals surface area contributed by atoms with Gasteiger partial charge >= 0.3 is 0 Å². The van der Waals surface area contributed by atoms with Gasteiger partial charge in [-0.1, -0.05) is 6.07 Å². The Morgan fingerprint density at radius 3 is 2.52 bits per heavy atom. The van der Waals surface area contributed by atoms with Gasteiger partial charge in [-0.3, -0.25) is 9.79 Å². The third-order valence-corrected chi connectivity index (χ3v) is 7.49. The average molecular weight is 411 g/mol. The van der Waals surface area contributed by atoms with Gasteiger partial charge in [-0.2, -0.15) is 4.31 Å². The maximum atomic E-state index is 13.4. The molecule has 1 aromatic heterocycles. The number of sulfonamides is 1. The monoisotopic (exact) mass is 411 g/mol. The summed E-state index contributed by atoms with van der Waals surface area (Å²) in [6.45, 7) is 0.228. The number of aliphatic imine (C=N–C) groups is 1. The molecule has 2 aliphatic rings. The molecule has 10 heteroatoms. The number of carbonyl (C=O) groups excluding carboxylic acids is 1. The predicted molar refractivity (Wildman–Crippen MR) is 96.1 cm³/mol. The van der Waals surface area contributed by atoms with E-state index in [2.05, 4.69) is 10.3 Å². The molecule has 1 fully saturated rings. The van der Waals surface area contributed by atoms with Crippen LogP contribution >= 0.6 is 11.3 Å². The second-order valence-electron chi connectivity index (χ2n) is 6.40. The first-order valence-electron chi connectivity index (χ1n) is 8.22. The Kier molecular flexibility index (Phi) is 4.36. The summed E-state index contributed by atoms with van der Waals surface area (Å²) < 4.78 is 53.1. The lowest BCUT2D eigenvalue weighted by atomic mass is 10.00. The Bertz CT molecular complexity index is 1030. The van der Waals surface area contributed by atoms with Crippen LogP contribution in [0.4, 0.5) is 8.78 Å². The van der Waals surface area contributed by atoms with E-state index >= 15 is 0 Å². The zero-order chi connectivity index (χ0) is 19.2. The molecule has 142 valence electrons. The minimum absolute atomic E-state index is 0.114. The fourth-order valence-electron chi connectivity index (χ4n) is 3.26. The largest absolute Gasteiger partial charge is 0.326 e. The molecule has 0 aliphatic carbocycles. The lowest BCUT2D eigenvalue weighted by Gasteiger charge is -2.36. The summed E-state index contributed by atoms with van der Waals surface area (Å²) >= 11 is 1.41. The van der Waals surface area contributed by atoms with E-state index in [1.807, 2.05) is 17.5 Å². The Morgan fingerprint density at radius 2 is 1.89 bits per heavy atom. The molecule has 2 aromatic rings.